The van der Waals surface area contributed by atoms with Crippen LogP contribution in [0.25, 0.3) is 16.3 Å². The number of ether oxygens (including phenoxy) is 2. The highest BCUT2D eigenvalue weighted by atomic mass is 32.2. The number of carbonyl (C=O) groups excluding carboxylic acids is 3. The number of hydrogen-bond acceptors (Lipinski definition) is 8. The van der Waals surface area contributed by atoms with Crippen molar-refractivity contribution in [1.29, 1.82) is 0 Å². The molecule has 0 aliphatic carbocycles. The first-order chi connectivity index (χ1) is 21.4. The van der Waals surface area contributed by atoms with Crippen LogP contribution in [0.4, 0.5) is 10.8 Å². The molecule has 1 heterocycles. The molecule has 222 valence electrons. The number of thiazole rings is 1. The van der Waals surface area contributed by atoms with E-state index >= 15 is 0 Å². The second-order valence-electron chi connectivity index (χ2n) is 9.33. The first-order valence-corrected chi connectivity index (χ1v) is 15.2. The summed E-state index contributed by atoms with van der Waals surface area (Å²) < 4.78 is 11.5. The number of hydrogen-bond donors (Lipinski definition) is 3. The summed E-state index contributed by atoms with van der Waals surface area (Å²) in [5.74, 6) is 0.350. The molecule has 0 aliphatic heterocycles. The number of nitrogens with one attached hydrogen (secondary N) is 3. The molecule has 0 saturated carbocycles. The lowest BCUT2D eigenvalue weighted by atomic mass is 10.1. The van der Waals surface area contributed by atoms with Gasteiger partial charge in [0.1, 0.15) is 17.2 Å². The maximum Gasteiger partial charge on any atom is 0.272 e. The zero-order chi connectivity index (χ0) is 30.9. The molecule has 9 nitrogen and oxygen atoms in total. The van der Waals surface area contributed by atoms with Crippen LogP contribution in [0.2, 0.25) is 0 Å². The predicted molar refractivity (Wildman–Crippen MR) is 175 cm³/mol. The van der Waals surface area contributed by atoms with Gasteiger partial charge >= 0.3 is 0 Å². The minimum Gasteiger partial charge on any atom is -0.497 e. The van der Waals surface area contributed by atoms with Gasteiger partial charge in [-0.25, -0.2) is 4.98 Å². The number of thioether (sulfide) groups is 1. The molecule has 1 aromatic heterocycles. The van der Waals surface area contributed by atoms with Gasteiger partial charge in [0, 0.05) is 16.1 Å². The first kappa shape index (κ1) is 30.3. The van der Waals surface area contributed by atoms with Crippen LogP contribution in [0.5, 0.6) is 11.5 Å². The van der Waals surface area contributed by atoms with Gasteiger partial charge in [0.15, 0.2) is 5.13 Å². The van der Waals surface area contributed by atoms with E-state index in [9.17, 15) is 14.4 Å². The van der Waals surface area contributed by atoms with Gasteiger partial charge in [0.2, 0.25) is 5.91 Å². The molecule has 0 spiro atoms. The summed E-state index contributed by atoms with van der Waals surface area (Å²) in [4.78, 5) is 44.2. The van der Waals surface area contributed by atoms with Gasteiger partial charge in [-0.15, -0.1) is 11.8 Å². The number of fused-ring (bicyclic) bond motifs is 1. The Hall–Kier alpha value is -5.13. The molecule has 3 N–H and O–H groups in total. The van der Waals surface area contributed by atoms with Gasteiger partial charge < -0.3 is 25.4 Å². The van der Waals surface area contributed by atoms with Gasteiger partial charge in [-0.05, 0) is 72.3 Å². The molecular formula is C33H28N4O5S2. The molecule has 3 amide bonds. The number of anilines is 2. The predicted octanol–water partition coefficient (Wildman–Crippen LogP) is 6.45. The average Bonchev–Trinajstić information content (AvgIpc) is 3.45. The standard InChI is InChI=1S/C33H28N4O5S2/c1-41-24-12-6-8-21(16-24)17-28(35-31(39)22-9-4-3-5-10-22)32(40)34-23-11-7-13-26(18-23)43-20-30(38)37-33-36-27-15-14-25(42-2)19-29(27)44-33/h3-19H,20H2,1-2H3,(H,34,40)(H,35,39)(H,36,37,38)/b28-17-. The number of aromatic nitrogens is 1. The summed E-state index contributed by atoms with van der Waals surface area (Å²) in [5.41, 5.74) is 2.43. The summed E-state index contributed by atoms with van der Waals surface area (Å²) in [6.07, 6.45) is 1.58. The van der Waals surface area contributed by atoms with E-state index in [1.165, 1.54) is 23.1 Å². The van der Waals surface area contributed by atoms with Crippen LogP contribution in [0.15, 0.2) is 108 Å². The van der Waals surface area contributed by atoms with Crippen molar-refractivity contribution in [2.45, 2.75) is 4.90 Å². The van der Waals surface area contributed by atoms with Crippen LogP contribution in [0.3, 0.4) is 0 Å². The topological polar surface area (TPSA) is 119 Å². The van der Waals surface area contributed by atoms with Crippen molar-refractivity contribution in [2.24, 2.45) is 0 Å². The largest absolute Gasteiger partial charge is 0.497 e. The maximum atomic E-state index is 13.4. The van der Waals surface area contributed by atoms with Crippen molar-refractivity contribution in [3.05, 3.63) is 114 Å². The Bertz CT molecular complexity index is 1840. The summed E-state index contributed by atoms with van der Waals surface area (Å²) in [6.45, 7) is 0. The number of rotatable bonds is 11. The molecule has 0 atom stereocenters. The normalized spacial score (nSPS) is 11.1. The molecule has 0 unspecified atom stereocenters. The van der Waals surface area contributed by atoms with Crippen molar-refractivity contribution in [3.8, 4) is 11.5 Å². The Morgan fingerprint density at radius 1 is 0.841 bits per heavy atom. The van der Waals surface area contributed by atoms with E-state index in [-0.39, 0.29) is 17.4 Å². The summed E-state index contributed by atoms with van der Waals surface area (Å²) in [7, 11) is 3.16. The van der Waals surface area contributed by atoms with Crippen molar-refractivity contribution < 1.29 is 23.9 Å². The molecule has 44 heavy (non-hydrogen) atoms. The van der Waals surface area contributed by atoms with Crippen LogP contribution in [-0.2, 0) is 9.59 Å². The summed E-state index contributed by atoms with van der Waals surface area (Å²) in [6, 6.07) is 28.5. The highest BCUT2D eigenvalue weighted by Gasteiger charge is 2.16. The van der Waals surface area contributed by atoms with E-state index in [2.05, 4.69) is 20.9 Å². The number of benzene rings is 4. The third-order valence-corrected chi connectivity index (χ3v) is 8.16. The Labute approximate surface area is 262 Å². The molecule has 0 bridgehead atoms. The summed E-state index contributed by atoms with van der Waals surface area (Å²) >= 11 is 2.69. The van der Waals surface area contributed by atoms with Gasteiger partial charge in [0.05, 0.1) is 30.2 Å². The third kappa shape index (κ3) is 8.03. The van der Waals surface area contributed by atoms with Gasteiger partial charge in [-0.2, -0.15) is 0 Å². The Morgan fingerprint density at radius 2 is 1.61 bits per heavy atom. The quantitative estimate of drug-likeness (QED) is 0.114. The Kier molecular flexibility index (Phi) is 9.90. The van der Waals surface area contributed by atoms with Crippen LogP contribution in [0.1, 0.15) is 15.9 Å². The summed E-state index contributed by atoms with van der Waals surface area (Å²) in [5, 5.41) is 8.94. The van der Waals surface area contributed by atoms with E-state index in [1.54, 1.807) is 87.0 Å². The van der Waals surface area contributed by atoms with Crippen LogP contribution < -0.4 is 25.4 Å². The van der Waals surface area contributed by atoms with Gasteiger partial charge in [0.25, 0.3) is 11.8 Å². The fourth-order valence-electron chi connectivity index (χ4n) is 4.09. The minimum atomic E-state index is -0.510. The monoisotopic (exact) mass is 624 g/mol. The van der Waals surface area contributed by atoms with E-state index in [1.807, 2.05) is 30.3 Å². The van der Waals surface area contributed by atoms with Crippen molar-refractivity contribution in [2.75, 3.05) is 30.6 Å². The number of amides is 3. The zero-order valence-electron chi connectivity index (χ0n) is 23.8. The van der Waals surface area contributed by atoms with Crippen molar-refractivity contribution in [3.63, 3.8) is 0 Å². The third-order valence-electron chi connectivity index (χ3n) is 6.24. The van der Waals surface area contributed by atoms with Crippen molar-refractivity contribution >= 4 is 67.9 Å². The first-order valence-electron chi connectivity index (χ1n) is 13.4. The SMILES string of the molecule is COc1cccc(/C=C(\NC(=O)c2ccccc2)C(=O)Nc2cccc(SCC(=O)Nc3nc4ccc(OC)cc4s3)c2)c1. The molecule has 0 aliphatic rings. The molecule has 0 radical (unpaired) electrons. The molecule has 11 heteroatoms. The minimum absolute atomic E-state index is 0.0537. The number of carbonyl (C=O) groups is 3. The molecule has 5 rings (SSSR count). The van der Waals surface area contributed by atoms with E-state index in [0.717, 1.165) is 20.9 Å². The van der Waals surface area contributed by atoms with Crippen LogP contribution in [-0.4, -0.2) is 42.7 Å². The molecular weight excluding hydrogens is 597 g/mol. The second-order valence-corrected chi connectivity index (χ2v) is 11.4. The van der Waals surface area contributed by atoms with Crippen LogP contribution in [0, 0.1) is 0 Å². The Morgan fingerprint density at radius 3 is 2.41 bits per heavy atom. The van der Waals surface area contributed by atoms with E-state index in [0.29, 0.717) is 27.7 Å². The lowest BCUT2D eigenvalue weighted by molar-refractivity contribution is -0.114. The lowest BCUT2D eigenvalue weighted by Gasteiger charge is -2.12. The molecule has 4 aromatic carbocycles. The molecule has 0 saturated heterocycles. The molecule has 5 aromatic rings. The van der Waals surface area contributed by atoms with E-state index in [4.69, 9.17) is 9.47 Å². The number of nitrogens with zero attached hydrogens (tertiary/aromatic N) is 1. The highest BCUT2D eigenvalue weighted by Crippen LogP contribution is 2.29. The fraction of sp³-hybridized carbons (Fsp3) is 0.0909. The molecule has 0 fully saturated rings. The van der Waals surface area contributed by atoms with Gasteiger partial charge in [-0.3, -0.25) is 14.4 Å². The Balaban J connectivity index is 1.25. The van der Waals surface area contributed by atoms with Gasteiger partial charge in [-0.1, -0.05) is 47.7 Å². The maximum absolute atomic E-state index is 13.4. The second kappa shape index (κ2) is 14.4. The highest BCUT2D eigenvalue weighted by molar-refractivity contribution is 8.00. The van der Waals surface area contributed by atoms with Crippen molar-refractivity contribution in [1.82, 2.24) is 10.3 Å². The zero-order valence-corrected chi connectivity index (χ0v) is 25.5. The number of methoxy groups -OCH3 is 2. The van der Waals surface area contributed by atoms with E-state index < -0.39 is 11.8 Å². The smallest absolute Gasteiger partial charge is 0.272 e. The fourth-order valence-corrected chi connectivity index (χ4v) is 5.76. The van der Waals surface area contributed by atoms with Crippen LogP contribution >= 0.6 is 23.1 Å². The lowest BCUT2D eigenvalue weighted by Crippen LogP contribution is -2.30. The average molecular weight is 625 g/mol.